The lowest BCUT2D eigenvalue weighted by Gasteiger charge is -2.07. The molecule has 0 aromatic carbocycles. The smallest absolute Gasteiger partial charge is 0.0434 e. The summed E-state index contributed by atoms with van der Waals surface area (Å²) in [6.07, 6.45) is 4.59. The van der Waals surface area contributed by atoms with E-state index in [-0.39, 0.29) is 0 Å². The maximum Gasteiger partial charge on any atom is 0.0434 e. The van der Waals surface area contributed by atoms with Gasteiger partial charge in [0.15, 0.2) is 0 Å². The molecule has 0 amide bonds. The van der Waals surface area contributed by atoms with Gasteiger partial charge in [0, 0.05) is 24.0 Å². The predicted molar refractivity (Wildman–Crippen MR) is 57.6 cm³/mol. The Morgan fingerprint density at radius 2 is 2.14 bits per heavy atom. The van der Waals surface area contributed by atoms with Gasteiger partial charge in [0.1, 0.15) is 0 Å². The van der Waals surface area contributed by atoms with Crippen molar-refractivity contribution in [3.8, 4) is 0 Å². The highest BCUT2D eigenvalue weighted by Crippen LogP contribution is 2.38. The van der Waals surface area contributed by atoms with E-state index >= 15 is 0 Å². The van der Waals surface area contributed by atoms with Crippen LogP contribution < -0.4 is 0 Å². The van der Waals surface area contributed by atoms with Gasteiger partial charge in [-0.1, -0.05) is 0 Å². The molecule has 1 aliphatic rings. The van der Waals surface area contributed by atoms with Crippen molar-refractivity contribution >= 4 is 0 Å². The highest BCUT2D eigenvalue weighted by molar-refractivity contribution is 5.28. The molecule has 2 nitrogen and oxygen atoms in total. The van der Waals surface area contributed by atoms with Crippen molar-refractivity contribution in [2.45, 2.75) is 45.6 Å². The molecule has 0 atom stereocenters. The van der Waals surface area contributed by atoms with Gasteiger partial charge in [0.2, 0.25) is 0 Å². The molecule has 78 valence electrons. The molecule has 1 aliphatic carbocycles. The number of aromatic nitrogens is 1. The van der Waals surface area contributed by atoms with Crippen molar-refractivity contribution in [3.63, 3.8) is 0 Å². The molecule has 0 radical (unpaired) electrons. The van der Waals surface area contributed by atoms with Crippen molar-refractivity contribution in [1.82, 2.24) is 4.57 Å². The van der Waals surface area contributed by atoms with Crippen LogP contribution in [0.1, 0.15) is 42.3 Å². The molecule has 0 aliphatic heterocycles. The number of aliphatic hydroxyl groups excluding tert-OH is 1. The minimum absolute atomic E-state index is 0.299. The summed E-state index contributed by atoms with van der Waals surface area (Å²) in [6.45, 7) is 4.69. The summed E-state index contributed by atoms with van der Waals surface area (Å²) >= 11 is 0. The van der Waals surface area contributed by atoms with Crippen molar-refractivity contribution in [2.24, 2.45) is 0 Å². The fraction of sp³-hybridized carbons (Fsp3) is 0.667. The molecule has 1 saturated carbocycles. The molecule has 14 heavy (non-hydrogen) atoms. The van der Waals surface area contributed by atoms with E-state index in [1.807, 2.05) is 0 Å². The third kappa shape index (κ3) is 1.71. The Hall–Kier alpha value is -0.760. The summed E-state index contributed by atoms with van der Waals surface area (Å²) in [4.78, 5) is 0. The largest absolute Gasteiger partial charge is 0.396 e. The Balaban J connectivity index is 2.20. The lowest BCUT2D eigenvalue weighted by Crippen LogP contribution is -1.99. The van der Waals surface area contributed by atoms with E-state index in [0.717, 1.165) is 18.9 Å². The normalized spacial score (nSPS) is 16.2. The second kappa shape index (κ2) is 3.77. The maximum absolute atomic E-state index is 8.81. The average molecular weight is 193 g/mol. The summed E-state index contributed by atoms with van der Waals surface area (Å²) in [5.74, 6) is 0. The first kappa shape index (κ1) is 9.78. The maximum atomic E-state index is 8.81. The van der Waals surface area contributed by atoms with E-state index in [4.69, 9.17) is 5.11 Å². The van der Waals surface area contributed by atoms with E-state index in [1.165, 1.54) is 29.8 Å². The van der Waals surface area contributed by atoms with E-state index in [2.05, 4.69) is 24.5 Å². The zero-order chi connectivity index (χ0) is 10.1. The molecule has 1 aromatic heterocycles. The number of hydrogen-bond acceptors (Lipinski definition) is 1. The standard InChI is InChI=1S/C12H19NO/c1-9-8-11(4-3-7-14)10(2)13(9)12-5-6-12/h8,12,14H,3-7H2,1-2H3. The Bertz CT molecular complexity index is 323. The molecule has 0 saturated heterocycles. The monoisotopic (exact) mass is 193 g/mol. The van der Waals surface area contributed by atoms with Crippen LogP contribution in [0.5, 0.6) is 0 Å². The molecule has 1 heterocycles. The zero-order valence-electron chi connectivity index (χ0n) is 9.08. The van der Waals surface area contributed by atoms with Crippen LogP contribution in [0.2, 0.25) is 0 Å². The molecule has 0 bridgehead atoms. The van der Waals surface area contributed by atoms with Crippen LogP contribution in [0.25, 0.3) is 0 Å². The molecule has 1 aromatic rings. The molecule has 0 spiro atoms. The molecule has 2 heteroatoms. The van der Waals surface area contributed by atoms with Crippen LogP contribution >= 0.6 is 0 Å². The van der Waals surface area contributed by atoms with Crippen molar-refractivity contribution in [3.05, 3.63) is 23.0 Å². The Morgan fingerprint density at radius 3 is 2.71 bits per heavy atom. The van der Waals surface area contributed by atoms with E-state index in [0.29, 0.717) is 6.61 Å². The highest BCUT2D eigenvalue weighted by Gasteiger charge is 2.26. The summed E-state index contributed by atoms with van der Waals surface area (Å²) in [6, 6.07) is 3.06. The van der Waals surface area contributed by atoms with Crippen LogP contribution in [0.3, 0.4) is 0 Å². The average Bonchev–Trinajstić information content (AvgIpc) is 2.92. The lowest BCUT2D eigenvalue weighted by atomic mass is 10.1. The Labute approximate surface area is 85.6 Å². The van der Waals surface area contributed by atoms with Gasteiger partial charge in [-0.2, -0.15) is 0 Å². The molecule has 2 rings (SSSR count). The second-order valence-electron chi connectivity index (χ2n) is 4.32. The van der Waals surface area contributed by atoms with Gasteiger partial charge in [-0.15, -0.1) is 0 Å². The van der Waals surface area contributed by atoms with Gasteiger partial charge < -0.3 is 9.67 Å². The number of aryl methyl sites for hydroxylation is 2. The third-order valence-corrected chi connectivity index (χ3v) is 3.11. The summed E-state index contributed by atoms with van der Waals surface area (Å²) < 4.78 is 2.46. The molecule has 1 fully saturated rings. The fourth-order valence-corrected chi connectivity index (χ4v) is 2.26. The van der Waals surface area contributed by atoms with E-state index < -0.39 is 0 Å². The quantitative estimate of drug-likeness (QED) is 0.780. The SMILES string of the molecule is Cc1cc(CCCO)c(C)n1C1CC1. The minimum Gasteiger partial charge on any atom is -0.396 e. The van der Waals surface area contributed by atoms with Crippen molar-refractivity contribution in [1.29, 1.82) is 0 Å². The van der Waals surface area contributed by atoms with Gasteiger partial charge >= 0.3 is 0 Å². The second-order valence-corrected chi connectivity index (χ2v) is 4.32. The van der Waals surface area contributed by atoms with Gasteiger partial charge in [-0.3, -0.25) is 0 Å². The van der Waals surface area contributed by atoms with Crippen LogP contribution in [0.4, 0.5) is 0 Å². The third-order valence-electron chi connectivity index (χ3n) is 3.11. The van der Waals surface area contributed by atoms with Gasteiger partial charge in [0.05, 0.1) is 0 Å². The van der Waals surface area contributed by atoms with Gasteiger partial charge in [0.25, 0.3) is 0 Å². The number of hydrogen-bond donors (Lipinski definition) is 1. The minimum atomic E-state index is 0.299. The van der Waals surface area contributed by atoms with E-state index in [9.17, 15) is 0 Å². The first-order valence-electron chi connectivity index (χ1n) is 5.52. The zero-order valence-corrected chi connectivity index (χ0v) is 9.08. The fourth-order valence-electron chi connectivity index (χ4n) is 2.26. The first-order chi connectivity index (χ1) is 6.74. The van der Waals surface area contributed by atoms with Crippen LogP contribution in [0, 0.1) is 13.8 Å². The lowest BCUT2D eigenvalue weighted by molar-refractivity contribution is 0.288. The van der Waals surface area contributed by atoms with E-state index in [1.54, 1.807) is 0 Å². The molecule has 1 N–H and O–H groups in total. The summed E-state index contributed by atoms with van der Waals surface area (Å²) in [5, 5.41) is 8.81. The Kier molecular flexibility index (Phi) is 2.64. The predicted octanol–water partition coefficient (Wildman–Crippen LogP) is 2.36. The molecular formula is C12H19NO. The highest BCUT2D eigenvalue weighted by atomic mass is 16.2. The summed E-state index contributed by atoms with van der Waals surface area (Å²) in [7, 11) is 0. The topological polar surface area (TPSA) is 25.2 Å². The van der Waals surface area contributed by atoms with Crippen molar-refractivity contribution in [2.75, 3.05) is 6.61 Å². The summed E-state index contributed by atoms with van der Waals surface area (Å²) in [5.41, 5.74) is 4.22. The number of aliphatic hydroxyl groups is 1. The Morgan fingerprint density at radius 1 is 1.43 bits per heavy atom. The van der Waals surface area contributed by atoms with Gasteiger partial charge in [-0.05, 0) is 51.2 Å². The van der Waals surface area contributed by atoms with Crippen LogP contribution in [-0.4, -0.2) is 16.3 Å². The first-order valence-corrected chi connectivity index (χ1v) is 5.52. The van der Waals surface area contributed by atoms with Crippen LogP contribution in [-0.2, 0) is 6.42 Å². The number of nitrogens with zero attached hydrogens (tertiary/aromatic N) is 1. The number of rotatable bonds is 4. The van der Waals surface area contributed by atoms with Crippen molar-refractivity contribution < 1.29 is 5.11 Å². The van der Waals surface area contributed by atoms with Gasteiger partial charge in [-0.25, -0.2) is 0 Å². The molecule has 0 unspecified atom stereocenters. The van der Waals surface area contributed by atoms with Crippen LogP contribution in [0.15, 0.2) is 6.07 Å². The molecular weight excluding hydrogens is 174 g/mol.